The van der Waals surface area contributed by atoms with Gasteiger partial charge in [0.25, 0.3) is 0 Å². The fraction of sp³-hybridized carbons (Fsp3) is 0.118. The van der Waals surface area contributed by atoms with Gasteiger partial charge in [-0.2, -0.15) is 0 Å². The zero-order chi connectivity index (χ0) is 15.5. The lowest BCUT2D eigenvalue weighted by Gasteiger charge is -2.12. The Balaban J connectivity index is 2.00. The van der Waals surface area contributed by atoms with Crippen LogP contribution in [0.3, 0.4) is 0 Å². The Hall–Kier alpha value is -2.95. The zero-order valence-corrected chi connectivity index (χ0v) is 12.1. The molecule has 0 saturated carbocycles. The van der Waals surface area contributed by atoms with Crippen molar-refractivity contribution in [1.82, 2.24) is 4.98 Å². The van der Waals surface area contributed by atoms with Crippen LogP contribution in [-0.4, -0.2) is 12.1 Å². The van der Waals surface area contributed by atoms with Crippen LogP contribution in [0.2, 0.25) is 0 Å². The van der Waals surface area contributed by atoms with Crippen LogP contribution >= 0.6 is 0 Å². The van der Waals surface area contributed by atoms with Crippen LogP contribution in [0.1, 0.15) is 5.56 Å². The lowest BCUT2D eigenvalue weighted by molar-refractivity contribution is 0.285. The van der Waals surface area contributed by atoms with Crippen LogP contribution in [0.4, 0.5) is 5.69 Å². The highest BCUT2D eigenvalue weighted by molar-refractivity contribution is 5.84. The predicted molar refractivity (Wildman–Crippen MR) is 86.3 cm³/mol. The van der Waals surface area contributed by atoms with Crippen molar-refractivity contribution in [3.05, 3.63) is 64.4 Å². The summed E-state index contributed by atoms with van der Waals surface area (Å²) in [6.45, 7) is 0.392. The predicted octanol–water partition coefficient (Wildman–Crippen LogP) is 2.70. The van der Waals surface area contributed by atoms with Gasteiger partial charge in [-0.05, 0) is 11.6 Å². The Morgan fingerprint density at radius 2 is 1.91 bits per heavy atom. The number of nitrogen functional groups attached to an aromatic ring is 1. The van der Waals surface area contributed by atoms with E-state index in [9.17, 15) is 4.79 Å². The monoisotopic (exact) mass is 296 g/mol. The molecule has 0 saturated heterocycles. The van der Waals surface area contributed by atoms with Gasteiger partial charge in [-0.3, -0.25) is 4.79 Å². The van der Waals surface area contributed by atoms with Gasteiger partial charge in [-0.25, -0.2) is 0 Å². The van der Waals surface area contributed by atoms with Crippen LogP contribution in [0.5, 0.6) is 11.5 Å². The van der Waals surface area contributed by atoms with Crippen molar-refractivity contribution in [3.63, 3.8) is 0 Å². The molecule has 0 atom stereocenters. The highest BCUT2D eigenvalue weighted by atomic mass is 16.5. The van der Waals surface area contributed by atoms with E-state index in [0.29, 0.717) is 29.0 Å². The molecule has 2 aromatic carbocycles. The van der Waals surface area contributed by atoms with Crippen molar-refractivity contribution < 1.29 is 9.47 Å². The Morgan fingerprint density at radius 3 is 2.64 bits per heavy atom. The summed E-state index contributed by atoms with van der Waals surface area (Å²) in [6, 6.07) is 13.2. The molecule has 0 spiro atoms. The van der Waals surface area contributed by atoms with E-state index in [-0.39, 0.29) is 11.1 Å². The number of nitrogens with two attached hydrogens (primary N) is 1. The number of benzene rings is 2. The quantitative estimate of drug-likeness (QED) is 0.776. The fourth-order valence-corrected chi connectivity index (χ4v) is 2.25. The summed E-state index contributed by atoms with van der Waals surface area (Å²) in [7, 11) is 1.56. The second-order valence-electron chi connectivity index (χ2n) is 4.90. The summed E-state index contributed by atoms with van der Waals surface area (Å²) >= 11 is 0. The van der Waals surface area contributed by atoms with Gasteiger partial charge in [0.05, 0.1) is 23.7 Å². The largest absolute Gasteiger partial charge is 0.493 e. The summed E-state index contributed by atoms with van der Waals surface area (Å²) in [4.78, 5) is 15.1. The molecule has 1 heterocycles. The number of pyridine rings is 1. The molecule has 0 amide bonds. The molecule has 3 rings (SSSR count). The third kappa shape index (κ3) is 2.61. The van der Waals surface area contributed by atoms with E-state index in [1.807, 2.05) is 30.3 Å². The third-order valence-corrected chi connectivity index (χ3v) is 3.43. The molecule has 5 nitrogen and oxygen atoms in total. The average Bonchev–Trinajstić information content (AvgIpc) is 2.57. The number of rotatable bonds is 4. The first-order valence-electron chi connectivity index (χ1n) is 6.84. The molecule has 3 N–H and O–H groups in total. The molecule has 0 radical (unpaired) electrons. The number of anilines is 1. The first-order valence-corrected chi connectivity index (χ1v) is 6.84. The number of ether oxygens (including phenoxy) is 2. The number of methoxy groups -OCH3 is 1. The van der Waals surface area contributed by atoms with Crippen LogP contribution in [0.15, 0.2) is 53.5 Å². The molecule has 0 unspecified atom stereocenters. The SMILES string of the molecule is COc1cc2[nH]cc(N)c(=O)c2cc1OCc1ccccc1. The fourth-order valence-electron chi connectivity index (χ4n) is 2.25. The van der Waals surface area contributed by atoms with Gasteiger partial charge in [0, 0.05) is 12.3 Å². The smallest absolute Gasteiger partial charge is 0.212 e. The Kier molecular flexibility index (Phi) is 3.70. The highest BCUT2D eigenvalue weighted by Crippen LogP contribution is 2.31. The van der Waals surface area contributed by atoms with Crippen molar-refractivity contribution in [2.75, 3.05) is 12.8 Å². The molecule has 0 bridgehead atoms. The maximum Gasteiger partial charge on any atom is 0.212 e. The second-order valence-corrected chi connectivity index (χ2v) is 4.90. The maximum absolute atomic E-state index is 12.1. The maximum atomic E-state index is 12.1. The molecule has 112 valence electrons. The number of H-pyrrole nitrogens is 1. The summed E-state index contributed by atoms with van der Waals surface area (Å²) in [5.74, 6) is 1.07. The number of hydrogen-bond acceptors (Lipinski definition) is 4. The van der Waals surface area contributed by atoms with Gasteiger partial charge in [-0.15, -0.1) is 0 Å². The van der Waals surface area contributed by atoms with E-state index < -0.39 is 0 Å². The molecule has 22 heavy (non-hydrogen) atoms. The summed E-state index contributed by atoms with van der Waals surface area (Å²) < 4.78 is 11.1. The minimum Gasteiger partial charge on any atom is -0.493 e. The molecule has 0 fully saturated rings. The van der Waals surface area contributed by atoms with E-state index >= 15 is 0 Å². The molecular weight excluding hydrogens is 280 g/mol. The Labute approximate surface area is 127 Å². The average molecular weight is 296 g/mol. The lowest BCUT2D eigenvalue weighted by Crippen LogP contribution is -2.09. The van der Waals surface area contributed by atoms with Crippen molar-refractivity contribution >= 4 is 16.6 Å². The number of fused-ring (bicyclic) bond motifs is 1. The first kappa shape index (κ1) is 14.0. The van der Waals surface area contributed by atoms with Crippen LogP contribution in [0, 0.1) is 0 Å². The summed E-state index contributed by atoms with van der Waals surface area (Å²) in [6.07, 6.45) is 1.48. The number of aromatic nitrogens is 1. The van der Waals surface area contributed by atoms with Gasteiger partial charge in [0.1, 0.15) is 6.61 Å². The van der Waals surface area contributed by atoms with Crippen molar-refractivity contribution in [3.8, 4) is 11.5 Å². The Bertz CT molecular complexity index is 857. The van der Waals surface area contributed by atoms with Crippen LogP contribution in [0.25, 0.3) is 10.9 Å². The molecule has 0 aliphatic carbocycles. The zero-order valence-electron chi connectivity index (χ0n) is 12.1. The van der Waals surface area contributed by atoms with Gasteiger partial charge >= 0.3 is 0 Å². The normalized spacial score (nSPS) is 10.6. The van der Waals surface area contributed by atoms with Gasteiger partial charge < -0.3 is 20.2 Å². The minimum atomic E-state index is -0.221. The molecule has 1 aromatic heterocycles. The molecule has 3 aromatic rings. The number of aromatic amines is 1. The van der Waals surface area contributed by atoms with Gasteiger partial charge in [-0.1, -0.05) is 30.3 Å². The third-order valence-electron chi connectivity index (χ3n) is 3.43. The Morgan fingerprint density at radius 1 is 1.14 bits per heavy atom. The number of nitrogens with one attached hydrogen (secondary N) is 1. The van der Waals surface area contributed by atoms with Crippen molar-refractivity contribution in [2.45, 2.75) is 6.61 Å². The topological polar surface area (TPSA) is 77.3 Å². The number of hydrogen-bond donors (Lipinski definition) is 2. The van der Waals surface area contributed by atoms with Crippen molar-refractivity contribution in [1.29, 1.82) is 0 Å². The van der Waals surface area contributed by atoms with Gasteiger partial charge in [0.15, 0.2) is 11.5 Å². The van der Waals surface area contributed by atoms with Crippen LogP contribution < -0.4 is 20.6 Å². The molecule has 0 aliphatic heterocycles. The van der Waals surface area contributed by atoms with E-state index in [1.54, 1.807) is 19.2 Å². The summed E-state index contributed by atoms with van der Waals surface area (Å²) in [5.41, 5.74) is 7.30. The molecule has 5 heteroatoms. The molecule has 0 aliphatic rings. The van der Waals surface area contributed by atoms with E-state index in [1.165, 1.54) is 6.20 Å². The second kappa shape index (κ2) is 5.81. The lowest BCUT2D eigenvalue weighted by atomic mass is 10.1. The van der Waals surface area contributed by atoms with E-state index in [0.717, 1.165) is 5.56 Å². The van der Waals surface area contributed by atoms with E-state index in [4.69, 9.17) is 15.2 Å². The highest BCUT2D eigenvalue weighted by Gasteiger charge is 2.11. The summed E-state index contributed by atoms with van der Waals surface area (Å²) in [5, 5.41) is 0.476. The van der Waals surface area contributed by atoms with Crippen molar-refractivity contribution in [2.24, 2.45) is 0 Å². The first-order chi connectivity index (χ1) is 10.7. The van der Waals surface area contributed by atoms with Gasteiger partial charge in [0.2, 0.25) is 5.43 Å². The minimum absolute atomic E-state index is 0.173. The van der Waals surface area contributed by atoms with E-state index in [2.05, 4.69) is 4.98 Å². The van der Waals surface area contributed by atoms with Crippen LogP contribution in [-0.2, 0) is 6.61 Å². The standard InChI is InChI=1S/C17H16N2O3/c1-21-15-8-14-12(17(20)13(18)9-19-14)7-16(15)22-10-11-5-3-2-4-6-11/h2-9H,10,18H2,1H3,(H,19,20). The molecular formula is C17H16N2O3.